The van der Waals surface area contributed by atoms with Crippen LogP contribution in [0.3, 0.4) is 0 Å². The Morgan fingerprint density at radius 3 is 1.80 bits per heavy atom. The Kier molecular flexibility index (Phi) is 4.40. The molecule has 1 N–H and O–H groups in total. The number of hydrogen-bond acceptors (Lipinski definition) is 1. The lowest BCUT2D eigenvalue weighted by atomic mass is 10.2. The van der Waals surface area contributed by atoms with Crippen LogP contribution in [0.15, 0.2) is 24.3 Å². The van der Waals surface area contributed by atoms with Crippen LogP contribution in [0.5, 0.6) is 0 Å². The van der Waals surface area contributed by atoms with Crippen LogP contribution in [0.2, 0.25) is 10.0 Å². The standard InChI is InChI=1S/C13H7Cl2F4N/c14-8-3-7(4-9(15)12(8)18)20-5-6-1-10(16)13(19)11(17)2-6/h1-4,20H,5H2. The van der Waals surface area contributed by atoms with E-state index in [2.05, 4.69) is 5.32 Å². The Morgan fingerprint density at radius 1 is 0.800 bits per heavy atom. The molecular formula is C13H7Cl2F4N. The van der Waals surface area contributed by atoms with Crippen molar-refractivity contribution in [3.63, 3.8) is 0 Å². The lowest BCUT2D eigenvalue weighted by Gasteiger charge is -2.09. The van der Waals surface area contributed by atoms with Gasteiger partial charge in [0, 0.05) is 12.2 Å². The first-order valence-corrected chi connectivity index (χ1v) is 6.16. The number of rotatable bonds is 3. The molecule has 0 fully saturated rings. The van der Waals surface area contributed by atoms with Crippen LogP contribution in [0.1, 0.15) is 5.56 Å². The molecule has 0 saturated heterocycles. The van der Waals surface area contributed by atoms with Crippen molar-refractivity contribution in [3.8, 4) is 0 Å². The van der Waals surface area contributed by atoms with E-state index in [4.69, 9.17) is 23.2 Å². The molecule has 0 atom stereocenters. The van der Waals surface area contributed by atoms with E-state index >= 15 is 0 Å². The van der Waals surface area contributed by atoms with Crippen molar-refractivity contribution in [2.75, 3.05) is 5.32 Å². The van der Waals surface area contributed by atoms with Crippen LogP contribution in [-0.4, -0.2) is 0 Å². The second-order valence-electron chi connectivity index (χ2n) is 3.98. The predicted octanol–water partition coefficient (Wildman–Crippen LogP) is 5.16. The normalized spacial score (nSPS) is 10.7. The molecule has 1 nitrogen and oxygen atoms in total. The monoisotopic (exact) mass is 323 g/mol. The van der Waals surface area contributed by atoms with Crippen LogP contribution in [0, 0.1) is 23.3 Å². The maximum atomic E-state index is 13.2. The van der Waals surface area contributed by atoms with Crippen molar-refractivity contribution in [1.82, 2.24) is 0 Å². The van der Waals surface area contributed by atoms with Crippen molar-refractivity contribution in [3.05, 3.63) is 63.1 Å². The topological polar surface area (TPSA) is 12.0 Å². The van der Waals surface area contributed by atoms with Gasteiger partial charge in [0.2, 0.25) is 0 Å². The molecule has 0 aliphatic heterocycles. The van der Waals surface area contributed by atoms with E-state index in [0.29, 0.717) is 5.69 Å². The Labute approximate surface area is 122 Å². The van der Waals surface area contributed by atoms with Crippen LogP contribution in [0.25, 0.3) is 0 Å². The smallest absolute Gasteiger partial charge is 0.194 e. The maximum Gasteiger partial charge on any atom is 0.194 e. The minimum atomic E-state index is -1.53. The van der Waals surface area contributed by atoms with Gasteiger partial charge < -0.3 is 5.32 Å². The lowest BCUT2D eigenvalue weighted by Crippen LogP contribution is -2.02. The van der Waals surface area contributed by atoms with Crippen LogP contribution in [-0.2, 0) is 6.54 Å². The summed E-state index contributed by atoms with van der Waals surface area (Å²) in [6.45, 7) is -0.00753. The zero-order valence-corrected chi connectivity index (χ0v) is 11.3. The summed E-state index contributed by atoms with van der Waals surface area (Å²) in [5.41, 5.74) is 0.546. The Hall–Kier alpha value is -1.46. The molecule has 20 heavy (non-hydrogen) atoms. The SMILES string of the molecule is Fc1cc(CNc2cc(Cl)c(F)c(Cl)c2)cc(F)c1F. The summed E-state index contributed by atoms with van der Waals surface area (Å²) in [4.78, 5) is 0. The van der Waals surface area contributed by atoms with Crippen molar-refractivity contribution >= 4 is 28.9 Å². The quantitative estimate of drug-likeness (QED) is 0.607. The largest absolute Gasteiger partial charge is 0.381 e. The van der Waals surface area contributed by atoms with Crippen LogP contribution >= 0.6 is 23.2 Å². The Bertz CT molecular complexity index is 557. The summed E-state index contributed by atoms with van der Waals surface area (Å²) in [5, 5.41) is 2.38. The molecule has 0 unspecified atom stereocenters. The number of nitrogens with one attached hydrogen (secondary N) is 1. The van der Waals surface area contributed by atoms with Gasteiger partial charge in [-0.15, -0.1) is 0 Å². The van der Waals surface area contributed by atoms with Crippen molar-refractivity contribution < 1.29 is 17.6 Å². The van der Waals surface area contributed by atoms with Gasteiger partial charge in [0.25, 0.3) is 0 Å². The first-order valence-electron chi connectivity index (χ1n) is 5.40. The third-order valence-corrected chi connectivity index (χ3v) is 3.07. The van der Waals surface area contributed by atoms with Gasteiger partial charge in [-0.1, -0.05) is 23.2 Å². The summed E-state index contributed by atoms with van der Waals surface area (Å²) in [6, 6.07) is 4.27. The van der Waals surface area contributed by atoms with E-state index in [9.17, 15) is 17.6 Å². The number of halogens is 6. The highest BCUT2D eigenvalue weighted by Gasteiger charge is 2.11. The van der Waals surface area contributed by atoms with E-state index in [1.807, 2.05) is 0 Å². The molecule has 2 aromatic carbocycles. The van der Waals surface area contributed by atoms with Gasteiger partial charge >= 0.3 is 0 Å². The molecule has 0 aromatic heterocycles. The van der Waals surface area contributed by atoms with Crippen molar-refractivity contribution in [2.24, 2.45) is 0 Å². The van der Waals surface area contributed by atoms with E-state index < -0.39 is 23.3 Å². The molecule has 106 valence electrons. The summed E-state index contributed by atoms with van der Waals surface area (Å²) in [6.07, 6.45) is 0. The van der Waals surface area contributed by atoms with E-state index in [1.54, 1.807) is 0 Å². The molecule has 0 heterocycles. The first-order chi connectivity index (χ1) is 9.38. The third-order valence-electron chi connectivity index (χ3n) is 2.52. The molecule has 0 aliphatic rings. The maximum absolute atomic E-state index is 13.2. The fourth-order valence-corrected chi connectivity index (χ4v) is 2.06. The molecule has 0 spiro atoms. The van der Waals surface area contributed by atoms with Gasteiger partial charge in [0.15, 0.2) is 23.3 Å². The molecule has 0 radical (unpaired) electrons. The third kappa shape index (κ3) is 3.16. The number of benzene rings is 2. The summed E-state index contributed by atoms with van der Waals surface area (Å²) in [5.74, 6) is -4.84. The second kappa shape index (κ2) is 5.89. The Balaban J connectivity index is 2.17. The molecular weight excluding hydrogens is 317 g/mol. The van der Waals surface area contributed by atoms with E-state index in [-0.39, 0.29) is 22.2 Å². The summed E-state index contributed by atoms with van der Waals surface area (Å²) >= 11 is 11.2. The lowest BCUT2D eigenvalue weighted by molar-refractivity contribution is 0.445. The first kappa shape index (κ1) is 14.9. The summed E-state index contributed by atoms with van der Waals surface area (Å²) in [7, 11) is 0. The molecule has 0 saturated carbocycles. The van der Waals surface area contributed by atoms with Gasteiger partial charge in [-0.2, -0.15) is 0 Å². The minimum absolute atomic E-state index is 0.00753. The highest BCUT2D eigenvalue weighted by Crippen LogP contribution is 2.27. The van der Waals surface area contributed by atoms with E-state index in [1.165, 1.54) is 12.1 Å². The Morgan fingerprint density at radius 2 is 1.30 bits per heavy atom. The number of hydrogen-bond donors (Lipinski definition) is 1. The molecule has 2 rings (SSSR count). The van der Waals surface area contributed by atoms with Gasteiger partial charge in [-0.3, -0.25) is 0 Å². The van der Waals surface area contributed by atoms with Gasteiger partial charge in [0.1, 0.15) is 0 Å². The predicted molar refractivity (Wildman–Crippen MR) is 70.1 cm³/mol. The highest BCUT2D eigenvalue weighted by atomic mass is 35.5. The van der Waals surface area contributed by atoms with E-state index in [0.717, 1.165) is 12.1 Å². The van der Waals surface area contributed by atoms with Gasteiger partial charge in [0.05, 0.1) is 10.0 Å². The molecule has 2 aromatic rings. The minimum Gasteiger partial charge on any atom is -0.381 e. The second-order valence-corrected chi connectivity index (χ2v) is 4.80. The average molecular weight is 324 g/mol. The van der Waals surface area contributed by atoms with Crippen LogP contribution in [0.4, 0.5) is 23.2 Å². The summed E-state index contributed by atoms with van der Waals surface area (Å²) < 4.78 is 52.0. The molecule has 0 amide bonds. The zero-order valence-electron chi connectivity index (χ0n) is 9.78. The van der Waals surface area contributed by atoms with Crippen molar-refractivity contribution in [2.45, 2.75) is 6.54 Å². The van der Waals surface area contributed by atoms with Crippen LogP contribution < -0.4 is 5.32 Å². The van der Waals surface area contributed by atoms with Gasteiger partial charge in [-0.25, -0.2) is 17.6 Å². The zero-order chi connectivity index (χ0) is 14.9. The molecule has 7 heteroatoms. The molecule has 0 aliphatic carbocycles. The average Bonchev–Trinajstić information content (AvgIpc) is 2.39. The molecule has 0 bridgehead atoms. The van der Waals surface area contributed by atoms with Crippen molar-refractivity contribution in [1.29, 1.82) is 0 Å². The fraction of sp³-hybridized carbons (Fsp3) is 0.0769. The fourth-order valence-electron chi connectivity index (χ4n) is 1.57. The highest BCUT2D eigenvalue weighted by molar-refractivity contribution is 6.35. The number of anilines is 1. The van der Waals surface area contributed by atoms with Gasteiger partial charge in [-0.05, 0) is 29.8 Å².